The van der Waals surface area contributed by atoms with Gasteiger partial charge in [0.2, 0.25) is 5.91 Å². The zero-order valence-corrected chi connectivity index (χ0v) is 17.6. The molecule has 3 rings (SSSR count). The molecule has 2 heterocycles. The minimum atomic E-state index is -3.54. The van der Waals surface area contributed by atoms with Crippen LogP contribution in [0, 0.1) is 20.8 Å². The third-order valence-corrected chi connectivity index (χ3v) is 8.32. The SMILES string of the molecule is Cc1cc(C)c(NC(=O)C[C@@H]2CCCCN2S(=O)(=O)c2cccs2)c(C)c1. The summed E-state index contributed by atoms with van der Waals surface area (Å²) in [7, 11) is -3.54. The van der Waals surface area contributed by atoms with Crippen LogP contribution in [0.1, 0.15) is 42.4 Å². The molecule has 1 aliphatic rings. The van der Waals surface area contributed by atoms with Crippen molar-refractivity contribution in [2.75, 3.05) is 11.9 Å². The summed E-state index contributed by atoms with van der Waals surface area (Å²) in [6.07, 6.45) is 2.66. The number of nitrogens with one attached hydrogen (secondary N) is 1. The summed E-state index contributed by atoms with van der Waals surface area (Å²) in [5.41, 5.74) is 4.03. The predicted molar refractivity (Wildman–Crippen MR) is 110 cm³/mol. The molecule has 1 fully saturated rings. The van der Waals surface area contributed by atoms with E-state index in [9.17, 15) is 13.2 Å². The first-order valence-electron chi connectivity index (χ1n) is 9.22. The Morgan fingerprint density at radius 1 is 1.22 bits per heavy atom. The molecule has 0 spiro atoms. The highest BCUT2D eigenvalue weighted by molar-refractivity contribution is 7.91. The summed E-state index contributed by atoms with van der Waals surface area (Å²) in [6.45, 7) is 6.45. The second-order valence-corrected chi connectivity index (χ2v) is 10.3. The van der Waals surface area contributed by atoms with Crippen molar-refractivity contribution in [2.45, 2.75) is 56.7 Å². The number of aryl methyl sites for hydroxylation is 3. The number of hydrogen-bond acceptors (Lipinski definition) is 4. The summed E-state index contributed by atoms with van der Waals surface area (Å²) < 4.78 is 27.8. The predicted octanol–water partition coefficient (Wildman–Crippen LogP) is 4.25. The molecular weight excluding hydrogens is 380 g/mol. The molecule has 5 nitrogen and oxygen atoms in total. The molecule has 0 bridgehead atoms. The lowest BCUT2D eigenvalue weighted by Gasteiger charge is -2.34. The van der Waals surface area contributed by atoms with Gasteiger partial charge >= 0.3 is 0 Å². The summed E-state index contributed by atoms with van der Waals surface area (Å²) in [4.78, 5) is 12.7. The van der Waals surface area contributed by atoms with Crippen LogP contribution >= 0.6 is 11.3 Å². The first-order chi connectivity index (χ1) is 12.8. The molecule has 1 aliphatic heterocycles. The van der Waals surface area contributed by atoms with E-state index >= 15 is 0 Å². The molecule has 7 heteroatoms. The van der Waals surface area contributed by atoms with E-state index in [1.807, 2.05) is 32.9 Å². The van der Waals surface area contributed by atoms with Gasteiger partial charge in [0.25, 0.3) is 10.0 Å². The molecule has 0 radical (unpaired) electrons. The zero-order valence-electron chi connectivity index (χ0n) is 16.0. The molecule has 0 unspecified atom stereocenters. The maximum atomic E-state index is 12.9. The topological polar surface area (TPSA) is 66.5 Å². The van der Waals surface area contributed by atoms with Crippen molar-refractivity contribution in [3.05, 3.63) is 46.3 Å². The zero-order chi connectivity index (χ0) is 19.6. The van der Waals surface area contributed by atoms with Crippen LogP contribution in [-0.2, 0) is 14.8 Å². The molecule has 146 valence electrons. The summed E-state index contributed by atoms with van der Waals surface area (Å²) >= 11 is 1.22. The molecule has 1 N–H and O–H groups in total. The minimum absolute atomic E-state index is 0.136. The molecule has 2 aromatic rings. The van der Waals surface area contributed by atoms with Gasteiger partial charge in [-0.2, -0.15) is 4.31 Å². The van der Waals surface area contributed by atoms with Gasteiger partial charge in [-0.1, -0.05) is 30.2 Å². The largest absolute Gasteiger partial charge is 0.326 e. The van der Waals surface area contributed by atoms with Crippen LogP contribution in [-0.4, -0.2) is 31.2 Å². The third kappa shape index (κ3) is 4.42. The van der Waals surface area contributed by atoms with Crippen molar-refractivity contribution in [3.63, 3.8) is 0 Å². The molecule has 1 aromatic heterocycles. The van der Waals surface area contributed by atoms with E-state index in [1.54, 1.807) is 17.5 Å². The van der Waals surface area contributed by atoms with Gasteiger partial charge in [-0.05, 0) is 56.2 Å². The van der Waals surface area contributed by atoms with Gasteiger partial charge in [-0.3, -0.25) is 4.79 Å². The van der Waals surface area contributed by atoms with Crippen molar-refractivity contribution in [3.8, 4) is 0 Å². The summed E-state index contributed by atoms with van der Waals surface area (Å²) in [6, 6.07) is 7.15. The Morgan fingerprint density at radius 2 is 1.93 bits per heavy atom. The van der Waals surface area contributed by atoms with Crippen LogP contribution in [0.15, 0.2) is 33.9 Å². The smallest absolute Gasteiger partial charge is 0.252 e. The maximum Gasteiger partial charge on any atom is 0.252 e. The van der Waals surface area contributed by atoms with Crippen molar-refractivity contribution in [1.82, 2.24) is 4.31 Å². The number of hydrogen-bond donors (Lipinski definition) is 1. The first kappa shape index (κ1) is 20.0. The first-order valence-corrected chi connectivity index (χ1v) is 11.5. The summed E-state index contributed by atoms with van der Waals surface area (Å²) in [5, 5.41) is 4.77. The molecule has 1 amide bonds. The van der Waals surface area contributed by atoms with Crippen molar-refractivity contribution in [2.24, 2.45) is 0 Å². The molecule has 1 atom stereocenters. The number of thiophene rings is 1. The number of carbonyl (C=O) groups is 1. The Balaban J connectivity index is 1.76. The van der Waals surface area contributed by atoms with Crippen LogP contribution in [0.25, 0.3) is 0 Å². The second-order valence-electron chi connectivity index (χ2n) is 7.22. The molecule has 1 aromatic carbocycles. The van der Waals surface area contributed by atoms with Crippen LogP contribution in [0.4, 0.5) is 5.69 Å². The minimum Gasteiger partial charge on any atom is -0.326 e. The second kappa shape index (κ2) is 8.12. The highest BCUT2D eigenvalue weighted by Gasteiger charge is 2.35. The Hall–Kier alpha value is -1.70. The van der Waals surface area contributed by atoms with E-state index in [-0.39, 0.29) is 18.4 Å². The number of piperidine rings is 1. The van der Waals surface area contributed by atoms with Crippen LogP contribution in [0.3, 0.4) is 0 Å². The van der Waals surface area contributed by atoms with Gasteiger partial charge in [0.1, 0.15) is 4.21 Å². The Bertz CT molecular complexity index is 898. The number of carbonyl (C=O) groups excluding carboxylic acids is 1. The van der Waals surface area contributed by atoms with Crippen molar-refractivity contribution < 1.29 is 13.2 Å². The number of nitrogens with zero attached hydrogens (tertiary/aromatic N) is 1. The van der Waals surface area contributed by atoms with Gasteiger partial charge in [-0.15, -0.1) is 11.3 Å². The van der Waals surface area contributed by atoms with Gasteiger partial charge in [0.15, 0.2) is 0 Å². The Kier molecular flexibility index (Phi) is 6.03. The third-order valence-electron chi connectivity index (χ3n) is 4.99. The van der Waals surface area contributed by atoms with Crippen LogP contribution in [0.5, 0.6) is 0 Å². The van der Waals surface area contributed by atoms with E-state index in [4.69, 9.17) is 0 Å². The van der Waals surface area contributed by atoms with Crippen molar-refractivity contribution >= 4 is 33.0 Å². The van der Waals surface area contributed by atoms with Gasteiger partial charge in [0.05, 0.1) is 0 Å². The number of sulfonamides is 1. The number of rotatable bonds is 5. The van der Waals surface area contributed by atoms with Crippen molar-refractivity contribution in [1.29, 1.82) is 0 Å². The fourth-order valence-corrected chi connectivity index (χ4v) is 6.61. The van der Waals surface area contributed by atoms with E-state index in [0.29, 0.717) is 17.2 Å². The van der Waals surface area contributed by atoms with Crippen LogP contribution in [0.2, 0.25) is 0 Å². The lowest BCUT2D eigenvalue weighted by molar-refractivity contribution is -0.117. The fraction of sp³-hybridized carbons (Fsp3) is 0.450. The van der Waals surface area contributed by atoms with Gasteiger partial charge in [-0.25, -0.2) is 8.42 Å². The maximum absolute atomic E-state index is 12.9. The molecular formula is C20H26N2O3S2. The number of benzene rings is 1. The lowest BCUT2D eigenvalue weighted by atomic mass is 10.0. The number of anilines is 1. The quantitative estimate of drug-likeness (QED) is 0.807. The van der Waals surface area contributed by atoms with E-state index in [2.05, 4.69) is 5.32 Å². The monoisotopic (exact) mass is 406 g/mol. The Morgan fingerprint density at radius 3 is 2.56 bits per heavy atom. The van der Waals surface area contributed by atoms with E-state index in [0.717, 1.165) is 35.2 Å². The fourth-order valence-electron chi connectivity index (χ4n) is 3.80. The molecule has 0 saturated carbocycles. The van der Waals surface area contributed by atoms with E-state index < -0.39 is 10.0 Å². The lowest BCUT2D eigenvalue weighted by Crippen LogP contribution is -2.45. The molecule has 0 aliphatic carbocycles. The Labute approximate surface area is 165 Å². The molecule has 27 heavy (non-hydrogen) atoms. The average Bonchev–Trinajstić information content (AvgIpc) is 3.14. The normalized spacial score (nSPS) is 18.4. The highest BCUT2D eigenvalue weighted by Crippen LogP contribution is 2.30. The summed E-state index contributed by atoms with van der Waals surface area (Å²) in [5.74, 6) is -0.136. The highest BCUT2D eigenvalue weighted by atomic mass is 32.2. The van der Waals surface area contributed by atoms with Gasteiger partial charge in [0, 0.05) is 24.7 Å². The van der Waals surface area contributed by atoms with Crippen LogP contribution < -0.4 is 5.32 Å². The number of amides is 1. The standard InChI is InChI=1S/C20H26N2O3S2/c1-14-11-15(2)20(16(3)12-14)21-18(23)13-17-7-4-5-9-22(17)27(24,25)19-8-6-10-26-19/h6,8,10-12,17H,4-5,7,9,13H2,1-3H3,(H,21,23)/t17-/m0/s1. The molecule has 1 saturated heterocycles. The average molecular weight is 407 g/mol. The van der Waals surface area contributed by atoms with Gasteiger partial charge < -0.3 is 5.32 Å². The van der Waals surface area contributed by atoms with E-state index in [1.165, 1.54) is 15.6 Å².